The van der Waals surface area contributed by atoms with E-state index in [1.807, 2.05) is 0 Å². The Labute approximate surface area is 99.9 Å². The molecule has 0 N–H and O–H groups in total. The van der Waals surface area contributed by atoms with Crippen LogP contribution in [0.4, 0.5) is 9.18 Å². The fraction of sp³-hybridized carbons (Fsp3) is 0.818. The maximum Gasteiger partial charge on any atom is 0.411 e. The molecule has 1 aliphatic heterocycles. The van der Waals surface area contributed by atoms with E-state index in [0.29, 0.717) is 0 Å². The Kier molecular flexibility index (Phi) is 3.95. The second-order valence-electron chi connectivity index (χ2n) is 5.00. The van der Waals surface area contributed by atoms with Crippen LogP contribution < -0.4 is 0 Å². The number of esters is 1. The van der Waals surface area contributed by atoms with Gasteiger partial charge in [-0.2, -0.15) is 0 Å². The first-order valence-electron chi connectivity index (χ1n) is 5.46. The molecule has 0 saturated carbocycles. The summed E-state index contributed by atoms with van der Waals surface area (Å²) in [7, 11) is 1.21. The Morgan fingerprint density at radius 2 is 1.94 bits per heavy atom. The highest BCUT2D eigenvalue weighted by Crippen LogP contribution is 2.23. The highest BCUT2D eigenvalue weighted by molar-refractivity contribution is 5.82. The molecule has 1 fully saturated rings. The Morgan fingerprint density at radius 1 is 1.35 bits per heavy atom. The maximum absolute atomic E-state index is 13.3. The number of nitrogens with zero attached hydrogens (tertiary/aromatic N) is 1. The molecule has 0 aromatic heterocycles. The third-order valence-electron chi connectivity index (χ3n) is 2.35. The van der Waals surface area contributed by atoms with Gasteiger partial charge in [0, 0.05) is 6.42 Å². The van der Waals surface area contributed by atoms with Crippen LogP contribution in [-0.4, -0.2) is 48.4 Å². The minimum Gasteiger partial charge on any atom is -0.467 e. The number of amides is 1. The average molecular weight is 246 g/mol. The topological polar surface area (TPSA) is 55.8 Å². The van der Waals surface area contributed by atoms with E-state index in [1.165, 1.54) is 7.11 Å². The molecule has 0 aliphatic carbocycles. The zero-order valence-corrected chi connectivity index (χ0v) is 10.5. The average Bonchev–Trinajstić information content (AvgIpc) is 2.56. The minimum atomic E-state index is -1.22. The number of halogens is 1. The van der Waals surface area contributed by atoms with E-state index in [2.05, 4.69) is 4.74 Å². The van der Waals surface area contributed by atoms with Crippen molar-refractivity contribution in [1.82, 2.24) is 4.90 Å². The Hall–Kier alpha value is -1.33. The number of hydrogen-bond acceptors (Lipinski definition) is 4. The summed E-state index contributed by atoms with van der Waals surface area (Å²) >= 11 is 0. The van der Waals surface area contributed by atoms with Gasteiger partial charge in [-0.1, -0.05) is 0 Å². The number of methoxy groups -OCH3 is 1. The van der Waals surface area contributed by atoms with Gasteiger partial charge in [-0.25, -0.2) is 14.0 Å². The third kappa shape index (κ3) is 3.57. The summed E-state index contributed by atoms with van der Waals surface area (Å²) in [6.07, 6.45) is -1.94. The van der Waals surface area contributed by atoms with Crippen LogP contribution in [0.1, 0.15) is 27.2 Å². The van der Waals surface area contributed by atoms with E-state index >= 15 is 0 Å². The molecule has 5 nitrogen and oxygen atoms in total. The van der Waals surface area contributed by atoms with Gasteiger partial charge in [0.25, 0.3) is 0 Å². The zero-order valence-electron chi connectivity index (χ0n) is 10.5. The first kappa shape index (κ1) is 13.7. The van der Waals surface area contributed by atoms with Crippen LogP contribution in [0.3, 0.4) is 0 Å². The Bertz CT molecular complexity index is 313. The lowest BCUT2D eigenvalue weighted by molar-refractivity contribution is -0.145. The number of rotatable bonds is 1. The van der Waals surface area contributed by atoms with E-state index in [9.17, 15) is 14.0 Å². The van der Waals surface area contributed by atoms with Crippen LogP contribution in [-0.2, 0) is 14.3 Å². The lowest BCUT2D eigenvalue weighted by Gasteiger charge is -2.27. The molecular formula is C11H18FNO4. The fourth-order valence-corrected chi connectivity index (χ4v) is 1.67. The number of ether oxygens (including phenoxy) is 2. The fourth-order valence-electron chi connectivity index (χ4n) is 1.67. The number of carbonyl (C=O) groups is 2. The van der Waals surface area contributed by atoms with Gasteiger partial charge in [-0.3, -0.25) is 4.90 Å². The molecule has 0 bridgehead atoms. The predicted octanol–water partition coefficient (Wildman–Crippen LogP) is 1.51. The minimum absolute atomic E-state index is 0.0358. The highest BCUT2D eigenvalue weighted by Gasteiger charge is 2.42. The summed E-state index contributed by atoms with van der Waals surface area (Å²) in [6, 6.07) is -0.884. The first-order chi connectivity index (χ1) is 7.74. The van der Waals surface area contributed by atoms with Crippen molar-refractivity contribution >= 4 is 12.1 Å². The van der Waals surface area contributed by atoms with Crippen molar-refractivity contribution in [2.45, 2.75) is 45.0 Å². The molecule has 1 saturated heterocycles. The Balaban J connectivity index is 2.73. The van der Waals surface area contributed by atoms with Crippen molar-refractivity contribution in [3.8, 4) is 0 Å². The molecule has 0 radical (unpaired) electrons. The lowest BCUT2D eigenvalue weighted by atomic mass is 10.2. The molecule has 1 heterocycles. The normalized spacial score (nSPS) is 24.6. The van der Waals surface area contributed by atoms with Crippen LogP contribution in [0.15, 0.2) is 0 Å². The predicted molar refractivity (Wildman–Crippen MR) is 58.3 cm³/mol. The van der Waals surface area contributed by atoms with Crippen LogP contribution >= 0.6 is 0 Å². The van der Waals surface area contributed by atoms with Crippen molar-refractivity contribution in [2.24, 2.45) is 0 Å². The summed E-state index contributed by atoms with van der Waals surface area (Å²) in [6.45, 7) is 5.00. The standard InChI is InChI=1S/C11H18FNO4/c1-11(2,3)17-10(15)13-6-7(12)5-8(13)9(14)16-4/h7-8H,5-6H2,1-4H3/t7?,8-/m0/s1/i12-1. The first-order valence-corrected chi connectivity index (χ1v) is 5.46. The van der Waals surface area contributed by atoms with Crippen molar-refractivity contribution < 1.29 is 23.5 Å². The van der Waals surface area contributed by atoms with E-state index in [4.69, 9.17) is 4.74 Å². The SMILES string of the molecule is COC(=O)[C@@H]1CC([18F])CN1C(=O)OC(C)(C)C. The van der Waals surface area contributed by atoms with Crippen LogP contribution in [0.5, 0.6) is 0 Å². The van der Waals surface area contributed by atoms with Crippen molar-refractivity contribution in [3.63, 3.8) is 0 Å². The molecule has 98 valence electrons. The smallest absolute Gasteiger partial charge is 0.411 e. The molecule has 0 spiro atoms. The highest BCUT2D eigenvalue weighted by atomic mass is 18.2. The summed E-state index contributed by atoms with van der Waals surface area (Å²) < 4.78 is 22.9. The summed E-state index contributed by atoms with van der Waals surface area (Å²) in [4.78, 5) is 24.3. The summed E-state index contributed by atoms with van der Waals surface area (Å²) in [5, 5.41) is 0. The van der Waals surface area contributed by atoms with Crippen molar-refractivity contribution in [1.29, 1.82) is 0 Å². The van der Waals surface area contributed by atoms with Gasteiger partial charge in [0.1, 0.15) is 17.8 Å². The largest absolute Gasteiger partial charge is 0.467 e. The van der Waals surface area contributed by atoms with Gasteiger partial charge in [0.2, 0.25) is 0 Å². The number of hydrogen-bond donors (Lipinski definition) is 0. The van der Waals surface area contributed by atoms with Gasteiger partial charge in [-0.15, -0.1) is 0 Å². The molecule has 0 aromatic rings. The van der Waals surface area contributed by atoms with Crippen LogP contribution in [0.25, 0.3) is 0 Å². The van der Waals surface area contributed by atoms with Crippen molar-refractivity contribution in [3.05, 3.63) is 0 Å². The molecule has 17 heavy (non-hydrogen) atoms. The molecule has 1 unspecified atom stereocenters. The summed E-state index contributed by atoms with van der Waals surface area (Å²) in [5.74, 6) is -0.615. The van der Waals surface area contributed by atoms with E-state index < -0.39 is 29.9 Å². The molecule has 6 heteroatoms. The van der Waals surface area contributed by atoms with E-state index in [1.54, 1.807) is 20.8 Å². The quantitative estimate of drug-likeness (QED) is 0.658. The van der Waals surface area contributed by atoms with E-state index in [0.717, 1.165) is 4.90 Å². The maximum atomic E-state index is 13.3. The van der Waals surface area contributed by atoms with E-state index in [-0.39, 0.29) is 13.0 Å². The number of carbonyl (C=O) groups excluding carboxylic acids is 2. The van der Waals surface area contributed by atoms with Gasteiger partial charge < -0.3 is 9.47 Å². The molecule has 2 atom stereocenters. The monoisotopic (exact) mass is 246 g/mol. The Morgan fingerprint density at radius 3 is 2.41 bits per heavy atom. The van der Waals surface area contributed by atoms with Crippen molar-refractivity contribution in [2.75, 3.05) is 13.7 Å². The summed E-state index contributed by atoms with van der Waals surface area (Å²) in [5.41, 5.74) is -0.674. The molecule has 0 aromatic carbocycles. The lowest BCUT2D eigenvalue weighted by Crippen LogP contribution is -2.43. The molecule has 1 rings (SSSR count). The second kappa shape index (κ2) is 4.89. The number of alkyl halides is 1. The third-order valence-corrected chi connectivity index (χ3v) is 2.35. The molecule has 1 amide bonds. The van der Waals surface area contributed by atoms with Crippen LogP contribution in [0.2, 0.25) is 0 Å². The van der Waals surface area contributed by atoms with Gasteiger partial charge >= 0.3 is 12.1 Å². The second-order valence-corrected chi connectivity index (χ2v) is 5.00. The molecular weight excluding hydrogens is 228 g/mol. The van der Waals surface area contributed by atoms with Gasteiger partial charge in [0.05, 0.1) is 13.7 Å². The zero-order chi connectivity index (χ0) is 13.2. The number of likely N-dealkylation sites (tertiary alicyclic amines) is 1. The van der Waals surface area contributed by atoms with Crippen LogP contribution in [0, 0.1) is 0 Å². The van der Waals surface area contributed by atoms with Gasteiger partial charge in [0.15, 0.2) is 0 Å². The molecule has 1 aliphatic rings. The van der Waals surface area contributed by atoms with Gasteiger partial charge in [-0.05, 0) is 20.8 Å².